The highest BCUT2D eigenvalue weighted by atomic mass is 79.9. The van der Waals surface area contributed by atoms with Gasteiger partial charge in [-0.1, -0.05) is 28.1 Å². The van der Waals surface area contributed by atoms with Gasteiger partial charge in [0, 0.05) is 27.8 Å². The van der Waals surface area contributed by atoms with Gasteiger partial charge in [0.2, 0.25) is 5.95 Å². The molecular weight excluding hydrogens is 461 g/mol. The number of aryl methyl sites for hydroxylation is 1. The Balaban J connectivity index is 1.68. The molecule has 1 saturated carbocycles. The number of benzene rings is 2. The van der Waals surface area contributed by atoms with Crippen molar-refractivity contribution in [1.82, 2.24) is 9.97 Å². The van der Waals surface area contributed by atoms with Crippen LogP contribution in [-0.4, -0.2) is 22.4 Å². The number of nitrogens with zero attached hydrogens (tertiary/aromatic N) is 2. The van der Waals surface area contributed by atoms with Crippen LogP contribution < -0.4 is 15.4 Å². The van der Waals surface area contributed by atoms with E-state index in [0.717, 1.165) is 28.6 Å². The normalized spacial score (nSPS) is 13.8. The second kappa shape index (κ2) is 8.14. The summed E-state index contributed by atoms with van der Waals surface area (Å²) < 4.78 is 42.8. The fourth-order valence-corrected chi connectivity index (χ4v) is 3.37. The summed E-state index contributed by atoms with van der Waals surface area (Å²) in [6.45, 7) is 1.97. The zero-order chi connectivity index (χ0) is 21.3. The number of ether oxygens (including phenoxy) is 1. The van der Waals surface area contributed by atoms with Gasteiger partial charge >= 0.3 is 6.36 Å². The second-order valence-electron chi connectivity index (χ2n) is 7.04. The smallest absolute Gasteiger partial charge is 0.406 e. The van der Waals surface area contributed by atoms with Crippen LogP contribution in [0.4, 0.5) is 30.6 Å². The van der Waals surface area contributed by atoms with Crippen LogP contribution in [0.2, 0.25) is 0 Å². The van der Waals surface area contributed by atoms with Crippen molar-refractivity contribution in [3.8, 4) is 17.0 Å². The van der Waals surface area contributed by atoms with Gasteiger partial charge in [-0.3, -0.25) is 0 Å². The van der Waals surface area contributed by atoms with Gasteiger partial charge in [-0.25, -0.2) is 4.98 Å². The molecule has 156 valence electrons. The Labute approximate surface area is 179 Å². The van der Waals surface area contributed by atoms with Crippen LogP contribution in [0.1, 0.15) is 18.4 Å². The highest BCUT2D eigenvalue weighted by Crippen LogP contribution is 2.31. The first-order valence-electron chi connectivity index (χ1n) is 9.30. The Kier molecular flexibility index (Phi) is 5.55. The number of hydrogen-bond acceptors (Lipinski definition) is 5. The van der Waals surface area contributed by atoms with E-state index in [-0.39, 0.29) is 5.75 Å². The molecule has 1 fully saturated rings. The van der Waals surface area contributed by atoms with Gasteiger partial charge in [0.15, 0.2) is 0 Å². The van der Waals surface area contributed by atoms with Crippen molar-refractivity contribution in [1.29, 1.82) is 0 Å². The molecule has 3 aromatic rings. The van der Waals surface area contributed by atoms with Crippen molar-refractivity contribution in [3.05, 3.63) is 58.6 Å². The molecule has 0 bridgehead atoms. The van der Waals surface area contributed by atoms with E-state index in [1.54, 1.807) is 12.1 Å². The van der Waals surface area contributed by atoms with Crippen molar-refractivity contribution in [3.63, 3.8) is 0 Å². The lowest BCUT2D eigenvalue weighted by atomic mass is 10.1. The highest BCUT2D eigenvalue weighted by molar-refractivity contribution is 9.10. The summed E-state index contributed by atoms with van der Waals surface area (Å²) in [5, 5.41) is 6.52. The Morgan fingerprint density at radius 3 is 2.57 bits per heavy atom. The Morgan fingerprint density at radius 2 is 1.87 bits per heavy atom. The van der Waals surface area contributed by atoms with Crippen LogP contribution in [0, 0.1) is 6.92 Å². The van der Waals surface area contributed by atoms with E-state index in [0.29, 0.717) is 29.1 Å². The molecule has 0 unspecified atom stereocenters. The lowest BCUT2D eigenvalue weighted by molar-refractivity contribution is -0.274. The minimum atomic E-state index is -4.76. The minimum Gasteiger partial charge on any atom is -0.406 e. The quantitative estimate of drug-likeness (QED) is 0.427. The topological polar surface area (TPSA) is 59.1 Å². The van der Waals surface area contributed by atoms with E-state index in [9.17, 15) is 13.2 Å². The number of hydrogen-bond donors (Lipinski definition) is 2. The van der Waals surface area contributed by atoms with Gasteiger partial charge in [0.25, 0.3) is 0 Å². The second-order valence-corrected chi connectivity index (χ2v) is 7.96. The lowest BCUT2D eigenvalue weighted by Gasteiger charge is -2.14. The van der Waals surface area contributed by atoms with E-state index in [1.807, 2.05) is 25.1 Å². The third kappa shape index (κ3) is 5.41. The van der Waals surface area contributed by atoms with Crippen LogP contribution >= 0.6 is 15.9 Å². The highest BCUT2D eigenvalue weighted by Gasteiger charge is 2.31. The number of alkyl halides is 3. The number of rotatable bonds is 6. The molecule has 1 aliphatic rings. The SMILES string of the molecule is Cc1cc(Br)ccc1Nc1cc(-c2cccc(OC(F)(F)F)c2)nc(NC2CC2)n1. The first-order chi connectivity index (χ1) is 14.2. The molecule has 4 rings (SSSR count). The molecule has 0 saturated heterocycles. The van der Waals surface area contributed by atoms with Crippen molar-refractivity contribution in [2.45, 2.75) is 32.2 Å². The number of halogens is 4. The summed E-state index contributed by atoms with van der Waals surface area (Å²) in [5.74, 6) is 0.665. The summed E-state index contributed by atoms with van der Waals surface area (Å²) in [6, 6.07) is 13.6. The van der Waals surface area contributed by atoms with Gasteiger partial charge in [0.1, 0.15) is 11.6 Å². The zero-order valence-corrected chi connectivity index (χ0v) is 17.5. The first kappa shape index (κ1) is 20.5. The van der Waals surface area contributed by atoms with Crippen molar-refractivity contribution >= 4 is 33.4 Å². The van der Waals surface area contributed by atoms with Crippen LogP contribution in [-0.2, 0) is 0 Å². The molecule has 1 heterocycles. The largest absolute Gasteiger partial charge is 0.573 e. The molecule has 30 heavy (non-hydrogen) atoms. The maximum Gasteiger partial charge on any atom is 0.573 e. The Hall–Kier alpha value is -2.81. The molecule has 1 aromatic heterocycles. The predicted molar refractivity (Wildman–Crippen MR) is 113 cm³/mol. The molecule has 1 aliphatic carbocycles. The molecule has 0 spiro atoms. The number of aromatic nitrogens is 2. The molecule has 2 aromatic carbocycles. The van der Waals surface area contributed by atoms with Crippen LogP contribution in [0.5, 0.6) is 5.75 Å². The maximum absolute atomic E-state index is 12.6. The van der Waals surface area contributed by atoms with E-state index in [4.69, 9.17) is 0 Å². The van der Waals surface area contributed by atoms with Gasteiger partial charge in [0.05, 0.1) is 5.69 Å². The lowest BCUT2D eigenvalue weighted by Crippen LogP contribution is -2.17. The summed E-state index contributed by atoms with van der Waals surface area (Å²) in [4.78, 5) is 9.02. The van der Waals surface area contributed by atoms with Crippen molar-refractivity contribution in [2.24, 2.45) is 0 Å². The fraction of sp³-hybridized carbons (Fsp3) is 0.238. The Morgan fingerprint density at radius 1 is 1.07 bits per heavy atom. The predicted octanol–water partition coefficient (Wildman–Crippen LogP) is 6.43. The molecule has 9 heteroatoms. The minimum absolute atomic E-state index is 0.298. The summed E-state index contributed by atoms with van der Waals surface area (Å²) in [6.07, 6.45) is -2.68. The van der Waals surface area contributed by atoms with E-state index in [2.05, 4.69) is 41.3 Å². The van der Waals surface area contributed by atoms with Crippen molar-refractivity contribution < 1.29 is 17.9 Å². The average molecular weight is 479 g/mol. The van der Waals surface area contributed by atoms with Gasteiger partial charge < -0.3 is 15.4 Å². The molecular formula is C21H18BrF3N4O. The van der Waals surface area contributed by atoms with Crippen LogP contribution in [0.15, 0.2) is 53.0 Å². The maximum atomic E-state index is 12.6. The fourth-order valence-electron chi connectivity index (χ4n) is 2.89. The van der Waals surface area contributed by atoms with Crippen LogP contribution in [0.25, 0.3) is 11.3 Å². The zero-order valence-electron chi connectivity index (χ0n) is 15.9. The van der Waals surface area contributed by atoms with E-state index < -0.39 is 6.36 Å². The summed E-state index contributed by atoms with van der Waals surface area (Å²) in [7, 11) is 0. The van der Waals surface area contributed by atoms with Gasteiger partial charge in [-0.15, -0.1) is 13.2 Å². The first-order valence-corrected chi connectivity index (χ1v) is 10.1. The van der Waals surface area contributed by atoms with Crippen LogP contribution in [0.3, 0.4) is 0 Å². The number of anilines is 3. The number of nitrogens with one attached hydrogen (secondary N) is 2. The third-order valence-corrected chi connectivity index (χ3v) is 4.94. The molecule has 0 radical (unpaired) electrons. The standard InChI is InChI=1S/C21H18BrF3N4O/c1-12-9-14(22)5-8-17(12)27-19-11-18(28-20(29-19)26-15-6-7-15)13-3-2-4-16(10-13)30-21(23,24)25/h2-5,8-11,15H,6-7H2,1H3,(H2,26,27,28,29). The molecule has 2 N–H and O–H groups in total. The third-order valence-electron chi connectivity index (χ3n) is 4.45. The van der Waals surface area contributed by atoms with Crippen molar-refractivity contribution in [2.75, 3.05) is 10.6 Å². The molecule has 5 nitrogen and oxygen atoms in total. The molecule has 0 atom stereocenters. The van der Waals surface area contributed by atoms with E-state index in [1.165, 1.54) is 18.2 Å². The molecule has 0 amide bonds. The van der Waals surface area contributed by atoms with E-state index >= 15 is 0 Å². The Bertz CT molecular complexity index is 1070. The summed E-state index contributed by atoms with van der Waals surface area (Å²) in [5.41, 5.74) is 2.86. The van der Waals surface area contributed by atoms with Gasteiger partial charge in [-0.2, -0.15) is 4.98 Å². The average Bonchev–Trinajstić information content (AvgIpc) is 3.47. The monoisotopic (exact) mass is 478 g/mol. The molecule has 0 aliphatic heterocycles. The van der Waals surface area contributed by atoms with Gasteiger partial charge in [-0.05, 0) is 55.7 Å². The summed E-state index contributed by atoms with van der Waals surface area (Å²) >= 11 is 3.44.